The minimum absolute atomic E-state index is 0.113. The molecule has 0 radical (unpaired) electrons. The smallest absolute Gasteiger partial charge is 0.431 e. The average Bonchev–Trinajstić information content (AvgIpc) is 2.58. The molecule has 0 N–H and O–H groups in total. The van der Waals surface area contributed by atoms with E-state index in [2.05, 4.69) is 9.99 Å². The molecule has 0 atom stereocenters. The summed E-state index contributed by atoms with van der Waals surface area (Å²) in [6.45, 7) is 1.45. The maximum Gasteiger partial charge on any atom is 0.431 e. The fourth-order valence-electron chi connectivity index (χ4n) is 2.28. The van der Waals surface area contributed by atoms with Crippen LogP contribution in [0.2, 0.25) is 5.02 Å². The second-order valence-corrected chi connectivity index (χ2v) is 5.98. The summed E-state index contributed by atoms with van der Waals surface area (Å²) in [6.07, 6.45) is -4.93. The van der Waals surface area contributed by atoms with Gasteiger partial charge in [-0.3, -0.25) is 9.36 Å². The predicted molar refractivity (Wildman–Crippen MR) is 92.9 cm³/mol. The van der Waals surface area contributed by atoms with Crippen LogP contribution in [0.15, 0.2) is 32.9 Å². The molecule has 1 heterocycles. The minimum Gasteiger partial charge on any atom is -0.486 e. The maximum absolute atomic E-state index is 14.3. The topological polar surface area (TPSA) is 74.8 Å². The van der Waals surface area contributed by atoms with Crippen molar-refractivity contribution in [3.63, 3.8) is 0 Å². The highest BCUT2D eigenvalue weighted by atomic mass is 35.5. The van der Waals surface area contributed by atoms with Crippen LogP contribution in [0.3, 0.4) is 0 Å². The minimum atomic E-state index is -4.93. The molecular formula is C16H14ClF4N3O4. The van der Waals surface area contributed by atoms with Gasteiger partial charge in [-0.2, -0.15) is 13.2 Å². The number of aromatic nitrogens is 2. The summed E-state index contributed by atoms with van der Waals surface area (Å²) in [6, 6.07) is 1.91. The SMILES string of the molecule is CO/N=C(\C)COc1cc(-n2c(=O)cc(C(F)(F)F)n(C)c2=O)c(F)cc1Cl. The quantitative estimate of drug-likeness (QED) is 0.421. The number of hydrogen-bond acceptors (Lipinski definition) is 5. The van der Waals surface area contributed by atoms with Crippen molar-refractivity contribution in [1.29, 1.82) is 0 Å². The molecule has 12 heteroatoms. The molecule has 2 rings (SSSR count). The van der Waals surface area contributed by atoms with Crippen molar-refractivity contribution in [1.82, 2.24) is 9.13 Å². The van der Waals surface area contributed by atoms with Crippen molar-refractivity contribution in [2.45, 2.75) is 13.1 Å². The van der Waals surface area contributed by atoms with Gasteiger partial charge in [-0.15, -0.1) is 0 Å². The molecule has 1 aromatic heterocycles. The van der Waals surface area contributed by atoms with Crippen molar-refractivity contribution in [2.24, 2.45) is 12.2 Å². The largest absolute Gasteiger partial charge is 0.486 e. The number of rotatable bonds is 5. The number of halogens is 5. The van der Waals surface area contributed by atoms with Crippen LogP contribution in [0.5, 0.6) is 5.75 Å². The van der Waals surface area contributed by atoms with E-state index in [9.17, 15) is 27.2 Å². The predicted octanol–water partition coefficient (Wildman–Crippen LogP) is 2.75. The van der Waals surface area contributed by atoms with Crippen LogP contribution < -0.4 is 16.0 Å². The summed E-state index contributed by atoms with van der Waals surface area (Å²) in [5.41, 5.74) is -4.42. The van der Waals surface area contributed by atoms with Crippen LogP contribution in [0.25, 0.3) is 5.69 Å². The first-order valence-electron chi connectivity index (χ1n) is 7.56. The Morgan fingerprint density at radius 1 is 1.25 bits per heavy atom. The Bertz CT molecular complexity index is 1040. The number of benzene rings is 1. The van der Waals surface area contributed by atoms with E-state index in [1.54, 1.807) is 6.92 Å². The van der Waals surface area contributed by atoms with E-state index >= 15 is 0 Å². The monoisotopic (exact) mass is 423 g/mol. The van der Waals surface area contributed by atoms with Crippen molar-refractivity contribution in [3.05, 3.63) is 55.6 Å². The molecule has 1 aromatic carbocycles. The van der Waals surface area contributed by atoms with Gasteiger partial charge in [0.1, 0.15) is 31.0 Å². The van der Waals surface area contributed by atoms with E-state index < -0.39 is 34.6 Å². The third-order valence-electron chi connectivity index (χ3n) is 3.54. The lowest BCUT2D eigenvalue weighted by atomic mass is 10.2. The van der Waals surface area contributed by atoms with Crippen LogP contribution >= 0.6 is 11.6 Å². The average molecular weight is 424 g/mol. The Morgan fingerprint density at radius 3 is 2.46 bits per heavy atom. The number of nitrogens with zero attached hydrogens (tertiary/aromatic N) is 3. The first-order chi connectivity index (χ1) is 13.0. The van der Waals surface area contributed by atoms with Crippen molar-refractivity contribution < 1.29 is 27.1 Å². The van der Waals surface area contributed by atoms with E-state index in [1.807, 2.05) is 0 Å². The zero-order valence-electron chi connectivity index (χ0n) is 14.8. The Morgan fingerprint density at radius 2 is 1.89 bits per heavy atom. The number of alkyl halides is 3. The molecule has 0 unspecified atom stereocenters. The highest BCUT2D eigenvalue weighted by Crippen LogP contribution is 2.30. The molecule has 2 aromatic rings. The van der Waals surface area contributed by atoms with Crippen molar-refractivity contribution >= 4 is 17.3 Å². The van der Waals surface area contributed by atoms with Crippen LogP contribution in [-0.2, 0) is 18.1 Å². The van der Waals surface area contributed by atoms with Crippen LogP contribution in [0.4, 0.5) is 17.6 Å². The van der Waals surface area contributed by atoms with Gasteiger partial charge in [-0.05, 0) is 13.0 Å². The zero-order valence-corrected chi connectivity index (χ0v) is 15.6. The molecule has 0 bridgehead atoms. The Hall–Kier alpha value is -2.82. The lowest BCUT2D eigenvalue weighted by Gasteiger charge is -2.15. The molecule has 0 saturated carbocycles. The maximum atomic E-state index is 14.3. The van der Waals surface area contributed by atoms with E-state index in [4.69, 9.17) is 16.3 Å². The highest BCUT2D eigenvalue weighted by molar-refractivity contribution is 6.32. The van der Waals surface area contributed by atoms with Gasteiger partial charge in [0.15, 0.2) is 0 Å². The molecule has 0 saturated heterocycles. The highest BCUT2D eigenvalue weighted by Gasteiger charge is 2.35. The van der Waals surface area contributed by atoms with E-state index in [1.165, 1.54) is 7.11 Å². The molecule has 0 aliphatic heterocycles. The molecule has 0 aliphatic carbocycles. The molecule has 0 spiro atoms. The fourth-order valence-corrected chi connectivity index (χ4v) is 2.49. The number of hydrogen-bond donors (Lipinski definition) is 0. The summed E-state index contributed by atoms with van der Waals surface area (Å²) in [7, 11) is 2.14. The number of ether oxygens (including phenoxy) is 1. The third-order valence-corrected chi connectivity index (χ3v) is 3.83. The van der Waals surface area contributed by atoms with Gasteiger partial charge >= 0.3 is 11.9 Å². The molecular weight excluding hydrogens is 410 g/mol. The van der Waals surface area contributed by atoms with Gasteiger partial charge in [-0.1, -0.05) is 16.8 Å². The lowest BCUT2D eigenvalue weighted by Crippen LogP contribution is -2.41. The number of oxime groups is 1. The van der Waals surface area contributed by atoms with Gasteiger partial charge < -0.3 is 9.57 Å². The molecule has 0 aliphatic rings. The molecule has 0 fully saturated rings. The molecule has 152 valence electrons. The third kappa shape index (κ3) is 4.35. The van der Waals surface area contributed by atoms with Gasteiger partial charge in [0.25, 0.3) is 5.56 Å². The molecule has 7 nitrogen and oxygen atoms in total. The Kier molecular flexibility index (Phi) is 6.17. The molecule has 0 amide bonds. The summed E-state index contributed by atoms with van der Waals surface area (Å²) >= 11 is 5.89. The zero-order chi connectivity index (χ0) is 21.2. The standard InChI is InChI=1S/C16H14ClF4N3O4/c1-8(22-27-3)7-28-12-5-11(10(18)4-9(12)17)24-14(25)6-13(16(19,20)21)23(2)15(24)26/h4-6H,7H2,1-3H3/b22-8+. The fraction of sp³-hybridized carbons (Fsp3) is 0.312. The van der Waals surface area contributed by atoms with E-state index in [-0.39, 0.29) is 32.6 Å². The van der Waals surface area contributed by atoms with Crippen molar-refractivity contribution in [3.8, 4) is 11.4 Å². The van der Waals surface area contributed by atoms with Crippen LogP contribution in [0.1, 0.15) is 12.6 Å². The summed E-state index contributed by atoms with van der Waals surface area (Å²) in [4.78, 5) is 29.0. The van der Waals surface area contributed by atoms with Gasteiger partial charge in [0, 0.05) is 19.2 Å². The van der Waals surface area contributed by atoms with E-state index in [0.717, 1.165) is 19.2 Å². The van der Waals surface area contributed by atoms with Gasteiger partial charge in [0.2, 0.25) is 0 Å². The summed E-state index contributed by atoms with van der Waals surface area (Å²) in [5.74, 6) is -1.21. The first kappa shape index (κ1) is 21.5. The summed E-state index contributed by atoms with van der Waals surface area (Å²) in [5, 5.41) is 3.42. The van der Waals surface area contributed by atoms with Crippen LogP contribution in [0, 0.1) is 5.82 Å². The van der Waals surface area contributed by atoms with Crippen LogP contribution in [-0.4, -0.2) is 28.6 Å². The van der Waals surface area contributed by atoms with Gasteiger partial charge in [-0.25, -0.2) is 13.8 Å². The normalized spacial score (nSPS) is 12.2. The Labute approximate surface area is 160 Å². The lowest BCUT2D eigenvalue weighted by molar-refractivity contribution is -0.144. The second-order valence-electron chi connectivity index (χ2n) is 5.57. The first-order valence-corrected chi connectivity index (χ1v) is 7.94. The Balaban J connectivity index is 2.62. The summed E-state index contributed by atoms with van der Waals surface area (Å²) < 4.78 is 59.0. The van der Waals surface area contributed by atoms with Crippen molar-refractivity contribution in [2.75, 3.05) is 13.7 Å². The van der Waals surface area contributed by atoms with E-state index in [0.29, 0.717) is 5.71 Å². The van der Waals surface area contributed by atoms with Gasteiger partial charge in [0.05, 0.1) is 16.4 Å². The molecule has 28 heavy (non-hydrogen) atoms. The second kappa shape index (κ2) is 8.05.